The third-order valence-corrected chi connectivity index (χ3v) is 5.77. The fraction of sp³-hybridized carbons (Fsp3) is 0.375. The minimum atomic E-state index is -0.194. The van der Waals surface area contributed by atoms with Crippen molar-refractivity contribution in [2.24, 2.45) is 7.05 Å². The molecule has 1 aromatic heterocycles. The molecule has 7 heteroatoms. The van der Waals surface area contributed by atoms with Crippen molar-refractivity contribution in [2.75, 3.05) is 37.7 Å². The number of hydrogen-bond acceptors (Lipinski definition) is 5. The lowest BCUT2D eigenvalue weighted by Gasteiger charge is -2.36. The fourth-order valence-corrected chi connectivity index (χ4v) is 4.13. The van der Waals surface area contributed by atoms with Crippen molar-refractivity contribution in [3.8, 4) is 5.75 Å². The molecule has 1 saturated heterocycles. The SMILES string of the molecule is CC.Cn1nc(C(=O)N2CCN(c3ccc4c(c3)OCC4)CC2)c2ccccc2c1=O. The van der Waals surface area contributed by atoms with Crippen LogP contribution in [-0.4, -0.2) is 53.4 Å². The van der Waals surface area contributed by atoms with Crippen LogP contribution in [0.1, 0.15) is 29.9 Å². The van der Waals surface area contributed by atoms with Crippen LogP contribution in [0.25, 0.3) is 10.8 Å². The molecular formula is C24H28N4O3. The predicted molar refractivity (Wildman–Crippen MR) is 122 cm³/mol. The second kappa shape index (κ2) is 8.79. The van der Waals surface area contributed by atoms with Crippen molar-refractivity contribution >= 4 is 22.4 Å². The first-order chi connectivity index (χ1) is 15.1. The number of carbonyl (C=O) groups is 1. The molecule has 3 aromatic rings. The molecule has 2 aromatic carbocycles. The number of amides is 1. The van der Waals surface area contributed by atoms with Crippen molar-refractivity contribution in [3.63, 3.8) is 0 Å². The number of carbonyl (C=O) groups excluding carboxylic acids is 1. The van der Waals surface area contributed by atoms with Gasteiger partial charge in [-0.25, -0.2) is 4.68 Å². The summed E-state index contributed by atoms with van der Waals surface area (Å²) in [6, 6.07) is 13.5. The lowest BCUT2D eigenvalue weighted by Crippen LogP contribution is -2.49. The number of fused-ring (bicyclic) bond motifs is 2. The summed E-state index contributed by atoms with van der Waals surface area (Å²) >= 11 is 0. The van der Waals surface area contributed by atoms with E-state index in [9.17, 15) is 9.59 Å². The highest BCUT2D eigenvalue weighted by Crippen LogP contribution is 2.30. The maximum atomic E-state index is 13.2. The van der Waals surface area contributed by atoms with Gasteiger partial charge < -0.3 is 14.5 Å². The summed E-state index contributed by atoms with van der Waals surface area (Å²) in [7, 11) is 1.58. The lowest BCUT2D eigenvalue weighted by molar-refractivity contribution is 0.0740. The summed E-state index contributed by atoms with van der Waals surface area (Å²) in [5, 5.41) is 5.40. The second-order valence-corrected chi connectivity index (χ2v) is 7.49. The smallest absolute Gasteiger partial charge is 0.275 e. The molecule has 0 bridgehead atoms. The summed E-state index contributed by atoms with van der Waals surface area (Å²) in [6.07, 6.45) is 0.971. The molecule has 0 saturated carbocycles. The average molecular weight is 421 g/mol. The molecule has 0 aliphatic carbocycles. The molecule has 31 heavy (non-hydrogen) atoms. The van der Waals surface area contributed by atoms with E-state index in [-0.39, 0.29) is 11.5 Å². The molecule has 1 fully saturated rings. The van der Waals surface area contributed by atoms with Crippen LogP contribution in [0.2, 0.25) is 0 Å². The van der Waals surface area contributed by atoms with Crippen LogP contribution < -0.4 is 15.2 Å². The maximum Gasteiger partial charge on any atom is 0.275 e. The number of anilines is 1. The largest absolute Gasteiger partial charge is 0.493 e. The quantitative estimate of drug-likeness (QED) is 0.638. The van der Waals surface area contributed by atoms with E-state index < -0.39 is 0 Å². The normalized spacial score (nSPS) is 15.2. The zero-order chi connectivity index (χ0) is 22.0. The summed E-state index contributed by atoms with van der Waals surface area (Å²) in [5.41, 5.74) is 2.53. The van der Waals surface area contributed by atoms with Gasteiger partial charge in [-0.3, -0.25) is 9.59 Å². The van der Waals surface area contributed by atoms with Crippen LogP contribution in [0.15, 0.2) is 47.3 Å². The number of piperazine rings is 1. The van der Waals surface area contributed by atoms with Crippen LogP contribution in [-0.2, 0) is 13.5 Å². The molecular weight excluding hydrogens is 392 g/mol. The molecule has 0 radical (unpaired) electrons. The highest BCUT2D eigenvalue weighted by Gasteiger charge is 2.26. The van der Waals surface area contributed by atoms with E-state index in [1.165, 1.54) is 10.2 Å². The molecule has 0 N–H and O–H groups in total. The molecule has 0 unspecified atom stereocenters. The van der Waals surface area contributed by atoms with Gasteiger partial charge in [0.05, 0.1) is 12.0 Å². The number of ether oxygens (including phenoxy) is 1. The van der Waals surface area contributed by atoms with Crippen molar-refractivity contribution in [1.82, 2.24) is 14.7 Å². The Morgan fingerprint density at radius 1 is 1.00 bits per heavy atom. The van der Waals surface area contributed by atoms with Gasteiger partial charge in [0.15, 0.2) is 5.69 Å². The van der Waals surface area contributed by atoms with Gasteiger partial charge in [0.1, 0.15) is 5.75 Å². The summed E-state index contributed by atoms with van der Waals surface area (Å²) in [5.74, 6) is 0.843. The van der Waals surface area contributed by atoms with Crippen molar-refractivity contribution in [2.45, 2.75) is 20.3 Å². The van der Waals surface area contributed by atoms with Crippen LogP contribution in [0.5, 0.6) is 5.75 Å². The van der Waals surface area contributed by atoms with E-state index in [1.54, 1.807) is 25.2 Å². The summed E-state index contributed by atoms with van der Waals surface area (Å²) in [4.78, 5) is 29.6. The molecule has 162 valence electrons. The third-order valence-electron chi connectivity index (χ3n) is 5.77. The van der Waals surface area contributed by atoms with Crippen LogP contribution in [0.3, 0.4) is 0 Å². The van der Waals surface area contributed by atoms with Crippen molar-refractivity contribution in [3.05, 3.63) is 64.1 Å². The Bertz CT molecular complexity index is 1160. The summed E-state index contributed by atoms with van der Waals surface area (Å²) < 4.78 is 6.93. The van der Waals surface area contributed by atoms with Gasteiger partial charge in [-0.2, -0.15) is 5.10 Å². The van der Waals surface area contributed by atoms with Crippen molar-refractivity contribution in [1.29, 1.82) is 0 Å². The van der Waals surface area contributed by atoms with E-state index in [1.807, 2.05) is 24.8 Å². The first-order valence-electron chi connectivity index (χ1n) is 10.9. The Labute approximate surface area is 181 Å². The number of rotatable bonds is 2. The Hall–Kier alpha value is -3.35. The standard InChI is InChI=1S/C22H22N4O3.C2H6/c1-24-21(27)18-5-3-2-4-17(18)20(23-24)22(28)26-11-9-25(10-12-26)16-7-6-15-8-13-29-19(15)14-16;1-2/h2-7,14H,8-13H2,1H3;1-2H3. The van der Waals surface area contributed by atoms with Crippen molar-refractivity contribution < 1.29 is 9.53 Å². The van der Waals surface area contributed by atoms with Gasteiger partial charge in [0, 0.05) is 56.8 Å². The van der Waals surface area contributed by atoms with E-state index in [2.05, 4.69) is 28.2 Å². The van der Waals surface area contributed by atoms with Gasteiger partial charge in [-0.15, -0.1) is 0 Å². The number of aromatic nitrogens is 2. The first-order valence-corrected chi connectivity index (χ1v) is 10.9. The number of nitrogens with zero attached hydrogens (tertiary/aromatic N) is 4. The molecule has 1 amide bonds. The van der Waals surface area contributed by atoms with Crippen LogP contribution in [0.4, 0.5) is 5.69 Å². The topological polar surface area (TPSA) is 67.7 Å². The molecule has 2 aliphatic heterocycles. The fourth-order valence-electron chi connectivity index (χ4n) is 4.13. The van der Waals surface area contributed by atoms with E-state index in [0.29, 0.717) is 29.6 Å². The van der Waals surface area contributed by atoms with Gasteiger partial charge in [-0.05, 0) is 17.7 Å². The molecule has 0 spiro atoms. The van der Waals surface area contributed by atoms with E-state index in [4.69, 9.17) is 4.74 Å². The van der Waals surface area contributed by atoms with Gasteiger partial charge in [0.25, 0.3) is 11.5 Å². The molecule has 5 rings (SSSR count). The molecule has 2 aliphatic rings. The number of hydrogen-bond donors (Lipinski definition) is 0. The predicted octanol–water partition coefficient (Wildman–Crippen LogP) is 2.86. The second-order valence-electron chi connectivity index (χ2n) is 7.49. The van der Waals surface area contributed by atoms with Crippen LogP contribution in [0, 0.1) is 0 Å². The minimum absolute atomic E-state index is 0.131. The molecule has 7 nitrogen and oxygen atoms in total. The molecule has 0 atom stereocenters. The first kappa shape index (κ1) is 20.9. The minimum Gasteiger partial charge on any atom is -0.493 e. The maximum absolute atomic E-state index is 13.2. The van der Waals surface area contributed by atoms with Gasteiger partial charge >= 0.3 is 0 Å². The highest BCUT2D eigenvalue weighted by molar-refractivity contribution is 6.04. The van der Waals surface area contributed by atoms with Crippen LogP contribution >= 0.6 is 0 Å². The zero-order valence-corrected chi connectivity index (χ0v) is 18.3. The van der Waals surface area contributed by atoms with E-state index in [0.717, 1.165) is 37.6 Å². The Kier molecular flexibility index (Phi) is 5.93. The monoisotopic (exact) mass is 420 g/mol. The summed E-state index contributed by atoms with van der Waals surface area (Å²) in [6.45, 7) is 7.45. The van der Waals surface area contributed by atoms with Gasteiger partial charge in [0.2, 0.25) is 0 Å². The van der Waals surface area contributed by atoms with E-state index >= 15 is 0 Å². The van der Waals surface area contributed by atoms with Gasteiger partial charge in [-0.1, -0.05) is 38.1 Å². The average Bonchev–Trinajstić information content (AvgIpc) is 3.30. The number of benzene rings is 2. The Morgan fingerprint density at radius 2 is 1.71 bits per heavy atom. The lowest BCUT2D eigenvalue weighted by atomic mass is 10.1. The number of aryl methyl sites for hydroxylation is 1. The Morgan fingerprint density at radius 3 is 2.45 bits per heavy atom. The third kappa shape index (κ3) is 3.87. The Balaban J connectivity index is 0.00000112. The zero-order valence-electron chi connectivity index (χ0n) is 18.3. The molecule has 3 heterocycles. The highest BCUT2D eigenvalue weighted by atomic mass is 16.5.